The predicted molar refractivity (Wildman–Crippen MR) is 63.3 cm³/mol. The van der Waals surface area contributed by atoms with Gasteiger partial charge in [0, 0.05) is 26.9 Å². The third kappa shape index (κ3) is 13.8. The highest BCUT2D eigenvalue weighted by Gasteiger charge is 1.89. The van der Waals surface area contributed by atoms with Crippen LogP contribution < -0.4 is 10.6 Å². The SMILES string of the molecule is CCOCCCNCCCNCCOC. The van der Waals surface area contributed by atoms with Crippen molar-refractivity contribution in [2.24, 2.45) is 0 Å². The molecule has 0 saturated heterocycles. The normalized spacial score (nSPS) is 10.8. The van der Waals surface area contributed by atoms with Crippen LogP contribution in [-0.4, -0.2) is 53.1 Å². The van der Waals surface area contributed by atoms with Gasteiger partial charge in [-0.3, -0.25) is 0 Å². The molecule has 0 aliphatic rings. The second-order valence-corrected chi connectivity index (χ2v) is 3.40. The summed E-state index contributed by atoms with van der Waals surface area (Å²) < 4.78 is 10.2. The van der Waals surface area contributed by atoms with Gasteiger partial charge >= 0.3 is 0 Å². The number of hydrogen-bond acceptors (Lipinski definition) is 4. The molecule has 2 N–H and O–H groups in total. The van der Waals surface area contributed by atoms with Crippen molar-refractivity contribution in [3.8, 4) is 0 Å². The zero-order valence-electron chi connectivity index (χ0n) is 10.2. The molecular weight excluding hydrogens is 192 g/mol. The van der Waals surface area contributed by atoms with E-state index < -0.39 is 0 Å². The van der Waals surface area contributed by atoms with Crippen LogP contribution in [0.25, 0.3) is 0 Å². The highest BCUT2D eigenvalue weighted by atomic mass is 16.5. The Labute approximate surface area is 93.7 Å². The zero-order chi connectivity index (χ0) is 11.2. The van der Waals surface area contributed by atoms with Gasteiger partial charge in [0.1, 0.15) is 0 Å². The number of nitrogens with one attached hydrogen (secondary N) is 2. The van der Waals surface area contributed by atoms with Crippen molar-refractivity contribution in [2.75, 3.05) is 53.1 Å². The number of ether oxygens (including phenoxy) is 2. The van der Waals surface area contributed by atoms with E-state index in [0.29, 0.717) is 0 Å². The first-order valence-electron chi connectivity index (χ1n) is 5.90. The molecule has 0 aliphatic carbocycles. The monoisotopic (exact) mass is 218 g/mol. The first-order valence-corrected chi connectivity index (χ1v) is 5.90. The van der Waals surface area contributed by atoms with E-state index in [4.69, 9.17) is 9.47 Å². The molecule has 0 saturated carbocycles. The maximum absolute atomic E-state index is 5.24. The van der Waals surface area contributed by atoms with Gasteiger partial charge in [-0.1, -0.05) is 0 Å². The predicted octanol–water partition coefficient (Wildman–Crippen LogP) is 0.629. The van der Waals surface area contributed by atoms with E-state index in [2.05, 4.69) is 10.6 Å². The van der Waals surface area contributed by atoms with Gasteiger partial charge in [0.25, 0.3) is 0 Å². The summed E-state index contributed by atoms with van der Waals surface area (Å²) >= 11 is 0. The van der Waals surface area contributed by atoms with Gasteiger partial charge in [0.2, 0.25) is 0 Å². The summed E-state index contributed by atoms with van der Waals surface area (Å²) in [4.78, 5) is 0. The summed E-state index contributed by atoms with van der Waals surface area (Å²) in [6.07, 6.45) is 2.27. The molecule has 15 heavy (non-hydrogen) atoms. The Kier molecular flexibility index (Phi) is 13.7. The first kappa shape index (κ1) is 14.8. The van der Waals surface area contributed by atoms with Gasteiger partial charge in [-0.05, 0) is 39.4 Å². The number of hydrogen-bond donors (Lipinski definition) is 2. The molecule has 0 aromatic carbocycles. The fourth-order valence-electron chi connectivity index (χ4n) is 1.21. The molecule has 0 unspecified atom stereocenters. The second-order valence-electron chi connectivity index (χ2n) is 3.40. The Balaban J connectivity index is 2.81. The van der Waals surface area contributed by atoms with Gasteiger partial charge in [-0.25, -0.2) is 0 Å². The lowest BCUT2D eigenvalue weighted by atomic mass is 10.4. The standard InChI is InChI=1S/C11H26N2O2/c1-3-15-10-5-8-12-6-4-7-13-9-11-14-2/h12-13H,3-11H2,1-2H3. The first-order chi connectivity index (χ1) is 7.41. The molecule has 0 heterocycles. The van der Waals surface area contributed by atoms with Crippen LogP contribution in [0.5, 0.6) is 0 Å². The minimum absolute atomic E-state index is 0.793. The summed E-state index contributed by atoms with van der Waals surface area (Å²) in [5.74, 6) is 0. The van der Waals surface area contributed by atoms with Gasteiger partial charge in [-0.2, -0.15) is 0 Å². The highest BCUT2D eigenvalue weighted by molar-refractivity contribution is 4.51. The molecule has 0 radical (unpaired) electrons. The Bertz CT molecular complexity index is 101. The molecule has 0 spiro atoms. The third-order valence-corrected chi connectivity index (χ3v) is 2.04. The van der Waals surface area contributed by atoms with Crippen molar-refractivity contribution >= 4 is 0 Å². The number of methoxy groups -OCH3 is 1. The minimum atomic E-state index is 0.793. The van der Waals surface area contributed by atoms with Crippen LogP contribution in [0.4, 0.5) is 0 Å². The second kappa shape index (κ2) is 13.8. The lowest BCUT2D eigenvalue weighted by Gasteiger charge is -2.06. The molecule has 0 bridgehead atoms. The van der Waals surface area contributed by atoms with E-state index in [1.807, 2.05) is 6.92 Å². The molecule has 4 heteroatoms. The van der Waals surface area contributed by atoms with Crippen LogP contribution in [0, 0.1) is 0 Å². The fraction of sp³-hybridized carbons (Fsp3) is 1.00. The van der Waals surface area contributed by atoms with Crippen LogP contribution in [-0.2, 0) is 9.47 Å². The average Bonchev–Trinajstić information content (AvgIpc) is 2.26. The van der Waals surface area contributed by atoms with Crippen molar-refractivity contribution in [2.45, 2.75) is 19.8 Å². The van der Waals surface area contributed by atoms with E-state index in [-0.39, 0.29) is 0 Å². The van der Waals surface area contributed by atoms with Crippen LogP contribution >= 0.6 is 0 Å². The van der Waals surface area contributed by atoms with Crippen molar-refractivity contribution in [3.05, 3.63) is 0 Å². The van der Waals surface area contributed by atoms with Gasteiger partial charge in [0.15, 0.2) is 0 Å². The van der Waals surface area contributed by atoms with Crippen molar-refractivity contribution in [1.82, 2.24) is 10.6 Å². The highest BCUT2D eigenvalue weighted by Crippen LogP contribution is 1.80. The Morgan fingerprint density at radius 2 is 1.53 bits per heavy atom. The van der Waals surface area contributed by atoms with E-state index in [9.17, 15) is 0 Å². The minimum Gasteiger partial charge on any atom is -0.383 e. The topological polar surface area (TPSA) is 42.5 Å². The smallest absolute Gasteiger partial charge is 0.0587 e. The van der Waals surface area contributed by atoms with Crippen LogP contribution in [0.15, 0.2) is 0 Å². The lowest BCUT2D eigenvalue weighted by molar-refractivity contribution is 0.145. The summed E-state index contributed by atoms with van der Waals surface area (Å²) in [6.45, 7) is 8.65. The molecule has 0 fully saturated rings. The lowest BCUT2D eigenvalue weighted by Crippen LogP contribution is -2.25. The average molecular weight is 218 g/mol. The fourth-order valence-corrected chi connectivity index (χ4v) is 1.21. The molecule has 0 amide bonds. The van der Waals surface area contributed by atoms with Crippen molar-refractivity contribution in [3.63, 3.8) is 0 Å². The summed E-state index contributed by atoms with van der Waals surface area (Å²) in [6, 6.07) is 0. The van der Waals surface area contributed by atoms with Gasteiger partial charge < -0.3 is 20.1 Å². The molecule has 0 aliphatic heterocycles. The van der Waals surface area contributed by atoms with Gasteiger partial charge in [-0.15, -0.1) is 0 Å². The Morgan fingerprint density at radius 3 is 2.20 bits per heavy atom. The molecular formula is C11H26N2O2. The van der Waals surface area contributed by atoms with Crippen LogP contribution in [0.2, 0.25) is 0 Å². The van der Waals surface area contributed by atoms with E-state index >= 15 is 0 Å². The molecule has 0 aromatic heterocycles. The Morgan fingerprint density at radius 1 is 0.867 bits per heavy atom. The van der Waals surface area contributed by atoms with Gasteiger partial charge in [0.05, 0.1) is 6.61 Å². The largest absolute Gasteiger partial charge is 0.383 e. The Hall–Kier alpha value is -0.160. The molecule has 4 nitrogen and oxygen atoms in total. The molecule has 0 rings (SSSR count). The van der Waals surface area contributed by atoms with Crippen molar-refractivity contribution in [1.29, 1.82) is 0 Å². The summed E-state index contributed by atoms with van der Waals surface area (Å²) in [7, 11) is 1.72. The molecule has 92 valence electrons. The quantitative estimate of drug-likeness (QED) is 0.472. The molecule has 0 atom stereocenters. The van der Waals surface area contributed by atoms with E-state index in [1.54, 1.807) is 7.11 Å². The van der Waals surface area contributed by atoms with Crippen LogP contribution in [0.1, 0.15) is 19.8 Å². The number of rotatable bonds is 12. The summed E-state index contributed by atoms with van der Waals surface area (Å²) in [5.41, 5.74) is 0. The maximum atomic E-state index is 5.24. The molecule has 0 aromatic rings. The van der Waals surface area contributed by atoms with E-state index in [0.717, 1.165) is 52.4 Å². The zero-order valence-corrected chi connectivity index (χ0v) is 10.2. The third-order valence-electron chi connectivity index (χ3n) is 2.04. The van der Waals surface area contributed by atoms with Crippen LogP contribution in [0.3, 0.4) is 0 Å². The maximum Gasteiger partial charge on any atom is 0.0587 e. The summed E-state index contributed by atoms with van der Waals surface area (Å²) in [5, 5.41) is 6.69. The van der Waals surface area contributed by atoms with E-state index in [1.165, 1.54) is 6.42 Å². The van der Waals surface area contributed by atoms with Crippen molar-refractivity contribution < 1.29 is 9.47 Å².